The molecule has 0 spiro atoms. The first-order valence-electron chi connectivity index (χ1n) is 5.75. The highest BCUT2D eigenvalue weighted by Crippen LogP contribution is 2.16. The fourth-order valence-electron chi connectivity index (χ4n) is 1.99. The lowest BCUT2D eigenvalue weighted by Gasteiger charge is -2.33. The van der Waals surface area contributed by atoms with Crippen LogP contribution in [-0.2, 0) is 0 Å². The van der Waals surface area contributed by atoms with Gasteiger partial charge in [-0.15, -0.1) is 0 Å². The van der Waals surface area contributed by atoms with Gasteiger partial charge in [-0.2, -0.15) is 0 Å². The Bertz CT molecular complexity index is 419. The lowest BCUT2D eigenvalue weighted by atomic mass is 10.2. The summed E-state index contributed by atoms with van der Waals surface area (Å²) < 4.78 is 1.15. The van der Waals surface area contributed by atoms with Crippen LogP contribution < -0.4 is 4.84 Å². The number of rotatable bonds is 5. The van der Waals surface area contributed by atoms with Gasteiger partial charge in [-0.05, 0) is 24.3 Å². The number of quaternary nitrogens is 2. The number of benzene rings is 1. The standard InChI is InChI=1S/C13H21N2O3/c1-14(2,3)10-15(4,5)18-12-8-6-11(7-9-12)13(16)17/h6-9H,10H2,1-5H3/q+1/p+1. The first-order chi connectivity index (χ1) is 8.09. The minimum absolute atomic E-state index is 0.263. The van der Waals surface area contributed by atoms with Crippen LogP contribution in [0.2, 0.25) is 0 Å². The highest BCUT2D eigenvalue weighted by atomic mass is 16.7. The number of carbonyl (C=O) groups is 1. The third-order valence-electron chi connectivity index (χ3n) is 2.22. The van der Waals surface area contributed by atoms with Crippen LogP contribution in [0, 0.1) is 0 Å². The zero-order valence-electron chi connectivity index (χ0n) is 11.7. The molecule has 1 aromatic rings. The molecule has 0 radical (unpaired) electrons. The van der Waals surface area contributed by atoms with Crippen LogP contribution in [0.15, 0.2) is 24.3 Å². The SMILES string of the molecule is C[N+](C)(C)C[N+](C)(C)Oc1ccc(C(=O)O)cc1. The van der Waals surface area contributed by atoms with Crippen LogP contribution in [0.4, 0.5) is 0 Å². The van der Waals surface area contributed by atoms with Gasteiger partial charge in [-0.3, -0.25) is 4.48 Å². The molecule has 0 aliphatic carbocycles. The number of carboxylic acids is 1. The van der Waals surface area contributed by atoms with E-state index in [-0.39, 0.29) is 5.56 Å². The minimum atomic E-state index is -0.929. The van der Waals surface area contributed by atoms with Crippen molar-refractivity contribution < 1.29 is 23.9 Å². The third kappa shape index (κ3) is 4.73. The number of hydrogen-bond acceptors (Lipinski definition) is 2. The monoisotopic (exact) mass is 254 g/mol. The van der Waals surface area contributed by atoms with Gasteiger partial charge in [-0.1, -0.05) is 4.65 Å². The van der Waals surface area contributed by atoms with Crippen LogP contribution in [0.25, 0.3) is 0 Å². The fourth-order valence-corrected chi connectivity index (χ4v) is 1.99. The predicted octanol–water partition coefficient (Wildman–Crippen LogP) is 1.42. The van der Waals surface area contributed by atoms with Crippen molar-refractivity contribution in [3.05, 3.63) is 29.8 Å². The van der Waals surface area contributed by atoms with Gasteiger partial charge in [0, 0.05) is 0 Å². The van der Waals surface area contributed by atoms with Crippen molar-refractivity contribution >= 4 is 5.97 Å². The van der Waals surface area contributed by atoms with Crippen molar-refractivity contribution in [2.45, 2.75) is 0 Å². The van der Waals surface area contributed by atoms with E-state index >= 15 is 0 Å². The van der Waals surface area contributed by atoms with Crippen molar-refractivity contribution in [2.24, 2.45) is 0 Å². The molecule has 5 nitrogen and oxygen atoms in total. The molecule has 0 saturated carbocycles. The van der Waals surface area contributed by atoms with Crippen LogP contribution in [0.3, 0.4) is 0 Å². The molecule has 0 aliphatic rings. The Hall–Kier alpha value is -1.59. The molecule has 0 bridgehead atoms. The van der Waals surface area contributed by atoms with Crippen LogP contribution >= 0.6 is 0 Å². The number of nitrogens with zero attached hydrogens (tertiary/aromatic N) is 2. The average molecular weight is 254 g/mol. The van der Waals surface area contributed by atoms with E-state index in [1.54, 1.807) is 24.3 Å². The number of hydrogen-bond donors (Lipinski definition) is 1. The van der Waals surface area contributed by atoms with E-state index < -0.39 is 5.97 Å². The van der Waals surface area contributed by atoms with Crippen molar-refractivity contribution in [1.29, 1.82) is 0 Å². The molecule has 0 atom stereocenters. The van der Waals surface area contributed by atoms with Crippen LogP contribution in [0.1, 0.15) is 10.4 Å². The van der Waals surface area contributed by atoms with E-state index in [2.05, 4.69) is 21.1 Å². The molecular weight excluding hydrogens is 232 g/mol. The van der Waals surface area contributed by atoms with Gasteiger partial charge in [0.25, 0.3) is 0 Å². The van der Waals surface area contributed by atoms with E-state index in [0.717, 1.165) is 11.2 Å². The molecule has 0 heterocycles. The summed E-state index contributed by atoms with van der Waals surface area (Å²) in [5, 5.41) is 8.81. The number of aromatic carboxylic acids is 1. The van der Waals surface area contributed by atoms with Crippen molar-refractivity contribution in [3.8, 4) is 5.75 Å². The predicted molar refractivity (Wildman–Crippen MR) is 69.0 cm³/mol. The first kappa shape index (κ1) is 14.5. The average Bonchev–Trinajstić information content (AvgIpc) is 2.13. The minimum Gasteiger partial charge on any atom is -0.478 e. The highest BCUT2D eigenvalue weighted by molar-refractivity contribution is 5.87. The van der Waals surface area contributed by atoms with Gasteiger partial charge in [0.1, 0.15) is 14.1 Å². The second kappa shape index (κ2) is 4.96. The summed E-state index contributed by atoms with van der Waals surface area (Å²) in [6, 6.07) is 6.45. The van der Waals surface area contributed by atoms with Gasteiger partial charge >= 0.3 is 5.97 Å². The molecule has 5 heteroatoms. The molecule has 0 aliphatic heterocycles. The van der Waals surface area contributed by atoms with Crippen molar-refractivity contribution in [3.63, 3.8) is 0 Å². The van der Waals surface area contributed by atoms with E-state index in [4.69, 9.17) is 9.94 Å². The number of hydroxylamine groups is 3. The summed E-state index contributed by atoms with van der Waals surface area (Å²) in [6.07, 6.45) is 0. The van der Waals surface area contributed by atoms with E-state index in [1.165, 1.54) is 0 Å². The largest absolute Gasteiger partial charge is 0.478 e. The molecule has 1 N–H and O–H groups in total. The summed E-state index contributed by atoms with van der Waals surface area (Å²) in [5.41, 5.74) is 0.263. The van der Waals surface area contributed by atoms with Gasteiger partial charge < -0.3 is 9.94 Å². The van der Waals surface area contributed by atoms with Crippen LogP contribution in [-0.4, -0.2) is 62.1 Å². The molecule has 1 rings (SSSR count). The quantitative estimate of drug-likeness (QED) is 0.491. The van der Waals surface area contributed by atoms with Gasteiger partial charge in [0.15, 0.2) is 5.75 Å². The molecular formula is C13H22N2O3+2. The summed E-state index contributed by atoms with van der Waals surface area (Å²) in [7, 11) is 10.2. The smallest absolute Gasteiger partial charge is 0.335 e. The molecule has 0 fully saturated rings. The molecule has 0 amide bonds. The van der Waals surface area contributed by atoms with Crippen LogP contribution in [0.5, 0.6) is 5.75 Å². The zero-order chi connectivity index (χ0) is 14.0. The molecule has 1 aromatic carbocycles. The lowest BCUT2D eigenvalue weighted by molar-refractivity contribution is -1.15. The Labute approximate surface area is 108 Å². The molecule has 100 valence electrons. The van der Waals surface area contributed by atoms with E-state index in [1.807, 2.05) is 14.1 Å². The molecule has 0 saturated heterocycles. The van der Waals surface area contributed by atoms with E-state index in [9.17, 15) is 4.79 Å². The Balaban J connectivity index is 2.75. The Morgan fingerprint density at radius 1 is 1.11 bits per heavy atom. The van der Waals surface area contributed by atoms with Crippen molar-refractivity contribution in [2.75, 3.05) is 41.9 Å². The zero-order valence-corrected chi connectivity index (χ0v) is 11.7. The highest BCUT2D eigenvalue weighted by Gasteiger charge is 2.26. The van der Waals surface area contributed by atoms with Gasteiger partial charge in [0.2, 0.25) is 6.67 Å². The molecule has 18 heavy (non-hydrogen) atoms. The topological polar surface area (TPSA) is 46.5 Å². The van der Waals surface area contributed by atoms with E-state index in [0.29, 0.717) is 10.4 Å². The van der Waals surface area contributed by atoms with Gasteiger partial charge in [0.05, 0.1) is 26.7 Å². The Morgan fingerprint density at radius 3 is 2.00 bits per heavy atom. The summed E-state index contributed by atoms with van der Waals surface area (Å²) in [5.74, 6) is -0.264. The second-order valence-corrected chi connectivity index (χ2v) is 5.93. The Kier molecular flexibility index (Phi) is 3.98. The Morgan fingerprint density at radius 2 is 1.61 bits per heavy atom. The maximum absolute atomic E-state index is 10.7. The molecule has 0 unspecified atom stereocenters. The third-order valence-corrected chi connectivity index (χ3v) is 2.22. The number of carboxylic acid groups (broad SMARTS) is 1. The van der Waals surface area contributed by atoms with Gasteiger partial charge in [-0.25, -0.2) is 4.79 Å². The fraction of sp³-hybridized carbons (Fsp3) is 0.462. The first-order valence-corrected chi connectivity index (χ1v) is 5.75. The summed E-state index contributed by atoms with van der Waals surface area (Å²) in [4.78, 5) is 16.6. The summed E-state index contributed by atoms with van der Waals surface area (Å²) >= 11 is 0. The molecule has 0 aromatic heterocycles. The second-order valence-electron chi connectivity index (χ2n) is 5.93. The maximum Gasteiger partial charge on any atom is 0.335 e. The lowest BCUT2D eigenvalue weighted by Crippen LogP contribution is -2.55. The van der Waals surface area contributed by atoms with Crippen molar-refractivity contribution in [1.82, 2.24) is 0 Å². The maximum atomic E-state index is 10.7. The summed E-state index contributed by atoms with van der Waals surface area (Å²) in [6.45, 7) is 0.792. The normalized spacial score (nSPS) is 12.3.